The van der Waals surface area contributed by atoms with Gasteiger partial charge in [0.25, 0.3) is 0 Å². The summed E-state index contributed by atoms with van der Waals surface area (Å²) in [6.07, 6.45) is 8.88. The van der Waals surface area contributed by atoms with Crippen molar-refractivity contribution in [2.75, 3.05) is 0 Å². The summed E-state index contributed by atoms with van der Waals surface area (Å²) in [5, 5.41) is 3.07. The first-order valence-corrected chi connectivity index (χ1v) is 9.01. The summed E-state index contributed by atoms with van der Waals surface area (Å²) in [7, 11) is 0. The lowest BCUT2D eigenvalue weighted by Gasteiger charge is -2.21. The van der Waals surface area contributed by atoms with Crippen molar-refractivity contribution >= 4 is 12.0 Å². The molecule has 1 amide bonds. The van der Waals surface area contributed by atoms with Crippen LogP contribution in [0.15, 0.2) is 48.5 Å². The van der Waals surface area contributed by atoms with Gasteiger partial charge in [0.1, 0.15) is 5.82 Å². The fourth-order valence-electron chi connectivity index (χ4n) is 3.36. The average Bonchev–Trinajstić information content (AvgIpc) is 2.65. The number of rotatable bonds is 5. The third-order valence-corrected chi connectivity index (χ3v) is 4.80. The lowest BCUT2D eigenvalue weighted by molar-refractivity contribution is -0.117. The SMILES string of the molecule is CCC(NC(=O)/C=C/c1ccc(F)cc1)c1ccc2c(c1)CCCC2. The molecule has 0 spiro atoms. The van der Waals surface area contributed by atoms with Gasteiger partial charge >= 0.3 is 0 Å². The topological polar surface area (TPSA) is 29.1 Å². The van der Waals surface area contributed by atoms with E-state index < -0.39 is 0 Å². The molecule has 0 heterocycles. The molecule has 0 aromatic heterocycles. The molecule has 0 bridgehead atoms. The molecule has 25 heavy (non-hydrogen) atoms. The lowest BCUT2D eigenvalue weighted by atomic mass is 9.89. The Morgan fingerprint density at radius 2 is 1.84 bits per heavy atom. The maximum Gasteiger partial charge on any atom is 0.244 e. The van der Waals surface area contributed by atoms with Gasteiger partial charge in [-0.1, -0.05) is 37.3 Å². The van der Waals surface area contributed by atoms with Crippen LogP contribution in [0, 0.1) is 5.82 Å². The molecule has 2 aromatic rings. The van der Waals surface area contributed by atoms with Crippen LogP contribution in [0.2, 0.25) is 0 Å². The van der Waals surface area contributed by atoms with Crippen LogP contribution in [-0.4, -0.2) is 5.91 Å². The molecule has 2 nitrogen and oxygen atoms in total. The molecule has 130 valence electrons. The van der Waals surface area contributed by atoms with E-state index in [-0.39, 0.29) is 17.8 Å². The van der Waals surface area contributed by atoms with Gasteiger partial charge in [-0.2, -0.15) is 0 Å². The van der Waals surface area contributed by atoms with Gasteiger partial charge in [0.15, 0.2) is 0 Å². The lowest BCUT2D eigenvalue weighted by Crippen LogP contribution is -2.26. The van der Waals surface area contributed by atoms with E-state index in [0.29, 0.717) is 0 Å². The van der Waals surface area contributed by atoms with Gasteiger partial charge in [-0.3, -0.25) is 4.79 Å². The molecule has 0 fully saturated rings. The van der Waals surface area contributed by atoms with Crippen molar-refractivity contribution in [3.8, 4) is 0 Å². The molecule has 1 N–H and O–H groups in total. The van der Waals surface area contributed by atoms with Gasteiger partial charge in [0, 0.05) is 6.08 Å². The molecule has 0 saturated carbocycles. The van der Waals surface area contributed by atoms with Crippen molar-refractivity contribution in [1.82, 2.24) is 5.32 Å². The molecular formula is C22H24FNO. The third kappa shape index (κ3) is 4.56. The largest absolute Gasteiger partial charge is 0.346 e. The smallest absolute Gasteiger partial charge is 0.244 e. The van der Waals surface area contributed by atoms with E-state index in [0.717, 1.165) is 18.4 Å². The highest BCUT2D eigenvalue weighted by atomic mass is 19.1. The van der Waals surface area contributed by atoms with Crippen molar-refractivity contribution in [1.29, 1.82) is 0 Å². The molecule has 1 aliphatic carbocycles. The summed E-state index contributed by atoms with van der Waals surface area (Å²) in [5.41, 5.74) is 4.86. The van der Waals surface area contributed by atoms with Crippen LogP contribution >= 0.6 is 0 Å². The van der Waals surface area contributed by atoms with Crippen LogP contribution in [0.5, 0.6) is 0 Å². The van der Waals surface area contributed by atoms with Crippen molar-refractivity contribution in [2.45, 2.75) is 45.1 Å². The van der Waals surface area contributed by atoms with E-state index in [1.54, 1.807) is 18.2 Å². The second kappa shape index (κ2) is 8.11. The van der Waals surface area contributed by atoms with Gasteiger partial charge in [0.2, 0.25) is 5.91 Å². The molecule has 1 atom stereocenters. The van der Waals surface area contributed by atoms with Gasteiger partial charge < -0.3 is 5.32 Å². The zero-order valence-electron chi connectivity index (χ0n) is 14.6. The second-order valence-electron chi connectivity index (χ2n) is 6.59. The monoisotopic (exact) mass is 337 g/mol. The number of aryl methyl sites for hydroxylation is 2. The maximum absolute atomic E-state index is 12.9. The van der Waals surface area contributed by atoms with Gasteiger partial charge in [-0.25, -0.2) is 4.39 Å². The molecule has 0 saturated heterocycles. The highest BCUT2D eigenvalue weighted by Crippen LogP contribution is 2.26. The highest BCUT2D eigenvalue weighted by Gasteiger charge is 2.15. The summed E-state index contributed by atoms with van der Waals surface area (Å²) in [4.78, 5) is 12.2. The van der Waals surface area contributed by atoms with Crippen LogP contribution < -0.4 is 5.32 Å². The highest BCUT2D eigenvalue weighted by molar-refractivity contribution is 5.92. The number of carbonyl (C=O) groups is 1. The van der Waals surface area contributed by atoms with E-state index in [2.05, 4.69) is 30.4 Å². The minimum atomic E-state index is -0.278. The second-order valence-corrected chi connectivity index (χ2v) is 6.59. The number of nitrogens with one attached hydrogen (secondary N) is 1. The van der Waals surface area contributed by atoms with Gasteiger partial charge in [0.05, 0.1) is 6.04 Å². The molecule has 1 unspecified atom stereocenters. The van der Waals surface area contributed by atoms with Gasteiger partial charge in [-0.15, -0.1) is 0 Å². The molecular weight excluding hydrogens is 313 g/mol. The number of benzene rings is 2. The van der Waals surface area contributed by atoms with Crippen LogP contribution in [-0.2, 0) is 17.6 Å². The Morgan fingerprint density at radius 1 is 1.12 bits per heavy atom. The molecule has 1 aliphatic rings. The minimum absolute atomic E-state index is 0.0117. The van der Waals surface area contributed by atoms with Crippen LogP contribution in [0.25, 0.3) is 6.08 Å². The van der Waals surface area contributed by atoms with E-state index >= 15 is 0 Å². The van der Waals surface area contributed by atoms with Crippen LogP contribution in [0.4, 0.5) is 4.39 Å². The zero-order chi connectivity index (χ0) is 17.6. The molecule has 0 radical (unpaired) electrons. The fraction of sp³-hybridized carbons (Fsp3) is 0.318. The van der Waals surface area contributed by atoms with Crippen LogP contribution in [0.3, 0.4) is 0 Å². The fourth-order valence-corrected chi connectivity index (χ4v) is 3.36. The Hall–Kier alpha value is -2.42. The van der Waals surface area contributed by atoms with E-state index in [1.165, 1.54) is 54.2 Å². The summed E-state index contributed by atoms with van der Waals surface area (Å²) in [5.74, 6) is -0.408. The Kier molecular flexibility index (Phi) is 5.64. The van der Waals surface area contributed by atoms with E-state index in [9.17, 15) is 9.18 Å². The summed E-state index contributed by atoms with van der Waals surface area (Å²) >= 11 is 0. The van der Waals surface area contributed by atoms with Crippen molar-refractivity contribution in [3.05, 3.63) is 76.6 Å². The van der Waals surface area contributed by atoms with Gasteiger partial charge in [-0.05, 0) is 72.6 Å². The van der Waals surface area contributed by atoms with E-state index in [1.807, 2.05) is 0 Å². The predicted octanol–water partition coefficient (Wildman–Crippen LogP) is 4.99. The Morgan fingerprint density at radius 3 is 2.56 bits per heavy atom. The van der Waals surface area contributed by atoms with Crippen molar-refractivity contribution < 1.29 is 9.18 Å². The maximum atomic E-state index is 12.9. The summed E-state index contributed by atoms with van der Waals surface area (Å²) < 4.78 is 12.9. The predicted molar refractivity (Wildman–Crippen MR) is 99.7 cm³/mol. The Balaban J connectivity index is 1.67. The summed E-state index contributed by atoms with van der Waals surface area (Å²) in [6, 6.07) is 12.7. The molecule has 3 rings (SSSR count). The number of amides is 1. The number of hydrogen-bond donors (Lipinski definition) is 1. The first-order valence-electron chi connectivity index (χ1n) is 9.01. The number of fused-ring (bicyclic) bond motifs is 1. The van der Waals surface area contributed by atoms with E-state index in [4.69, 9.17) is 0 Å². The number of carbonyl (C=O) groups excluding carboxylic acids is 1. The molecule has 0 aliphatic heterocycles. The molecule has 3 heteroatoms. The quantitative estimate of drug-likeness (QED) is 0.766. The first-order chi connectivity index (χ1) is 12.2. The average molecular weight is 337 g/mol. The van der Waals surface area contributed by atoms with Crippen molar-refractivity contribution in [2.24, 2.45) is 0 Å². The minimum Gasteiger partial charge on any atom is -0.346 e. The Labute approximate surface area is 148 Å². The molecule has 2 aromatic carbocycles. The zero-order valence-corrected chi connectivity index (χ0v) is 14.6. The Bertz CT molecular complexity index is 764. The standard InChI is InChI=1S/C22H24FNO/c1-2-21(19-11-10-17-5-3-4-6-18(17)15-19)24-22(25)14-9-16-7-12-20(23)13-8-16/h7-15,21H,2-6H2,1H3,(H,24,25)/b14-9+. The normalized spacial score (nSPS) is 15.0. The summed E-state index contributed by atoms with van der Waals surface area (Å²) in [6.45, 7) is 2.08. The third-order valence-electron chi connectivity index (χ3n) is 4.80. The number of hydrogen-bond acceptors (Lipinski definition) is 1. The van der Waals surface area contributed by atoms with Crippen LogP contribution in [0.1, 0.15) is 54.5 Å². The van der Waals surface area contributed by atoms with Crippen molar-refractivity contribution in [3.63, 3.8) is 0 Å². The first kappa shape index (κ1) is 17.4. The number of halogens is 1.